The molecule has 5 aromatic rings. The van der Waals surface area contributed by atoms with Gasteiger partial charge in [-0.1, -0.05) is 44.5 Å². The Balaban J connectivity index is 1.04. The van der Waals surface area contributed by atoms with E-state index < -0.39 is 113 Å². The van der Waals surface area contributed by atoms with Crippen molar-refractivity contribution in [3.05, 3.63) is 101 Å². The van der Waals surface area contributed by atoms with E-state index in [4.69, 9.17) is 39.5 Å². The summed E-state index contributed by atoms with van der Waals surface area (Å²) in [6.45, 7) is 1.01. The number of hydrogen-bond acceptors (Lipinski definition) is 21. The number of aliphatic hydroxyl groups is 2. The van der Waals surface area contributed by atoms with Crippen molar-refractivity contribution in [2.24, 2.45) is 5.92 Å². The van der Waals surface area contributed by atoms with Gasteiger partial charge < -0.3 is 65.9 Å². The maximum atomic E-state index is 14.1. The summed E-state index contributed by atoms with van der Waals surface area (Å²) >= 11 is 0. The fraction of sp³-hybridized carbons (Fsp3) is 0.415. The number of halogens is 1. The summed E-state index contributed by atoms with van der Waals surface area (Å²) in [5, 5.41) is 28.2. The number of fused-ring (bicyclic) bond motifs is 1. The molecule has 7 rings (SSSR count). The van der Waals surface area contributed by atoms with Crippen LogP contribution >= 0.6 is 15.6 Å². The summed E-state index contributed by atoms with van der Waals surface area (Å²) in [7, 11) is -10.7. The highest BCUT2D eigenvalue weighted by Crippen LogP contribution is 2.50. The molecule has 5 heterocycles. The maximum Gasteiger partial charge on any atom is 0.472 e. The number of nitrogens with two attached hydrogens (primary N) is 2. The predicted molar refractivity (Wildman–Crippen MR) is 243 cm³/mol. The molecule has 2 aliphatic heterocycles. The van der Waals surface area contributed by atoms with Crippen LogP contribution in [0.2, 0.25) is 0 Å². The average Bonchev–Trinajstić information content (AvgIpc) is 3.99. The number of nitrogens with zero attached hydrogens (tertiary/aromatic N) is 6. The van der Waals surface area contributed by atoms with Crippen molar-refractivity contribution < 1.29 is 85.3 Å². The molecule has 2 aromatic carbocycles. The van der Waals surface area contributed by atoms with Crippen molar-refractivity contribution in [1.82, 2.24) is 34.4 Å². The Morgan fingerprint density at radius 1 is 0.875 bits per heavy atom. The first kappa shape index (κ1) is 53.5. The Morgan fingerprint density at radius 3 is 2.18 bits per heavy atom. The van der Waals surface area contributed by atoms with Gasteiger partial charge in [0.15, 0.2) is 30.0 Å². The number of carbonyl (C=O) groups excluding carboxylic acids is 3. The van der Waals surface area contributed by atoms with Gasteiger partial charge in [-0.15, -0.1) is 0 Å². The normalized spacial score (nSPS) is 23.8. The zero-order chi connectivity index (χ0) is 52.1. The SMILES string of the molecule is CC[C@H](C)[C@H](NC(=O)OCc1ccc(NC(=O)Cc2ccc(F)cc2)cc1)C(=O)O[C@@H]1C(COP(=O)(O)O[C@H]2[C@@H](O)[C@H](n3ccc(N)nc3=O)O[C@@H]2COP(=O)(O)O)O[C@@H](n2cnc3c(N)ncnc32)[C@@H]1O. The standard InChI is InChI=1S/C41H49FN10O18P2/c1-3-20(2)29(50-41(58)64-15-22-6-10-24(11-7-22)48-28(53)14-21-4-8-23(42)9-5-21)39(56)69-33-25(67-38(31(33)54)52-19-47-30-35(44)45-18-46-36(30)52)17-66-72(62,63)70-34-26(16-65-71(59,60)61)68-37(32(34)55)51-13-12-27(43)49-40(51)57/h4-13,18-20,25-26,29,31-34,37-38,54-55H,3,14-17H2,1-2H3,(H,48,53)(H,50,58)(H,62,63)(H2,43,49,57)(H2,44,45,46)(H2,59,60,61)/t20-,25?,26+,29-,31+,32+,33+,34+,37+,38+/m0/s1. The van der Waals surface area contributed by atoms with Gasteiger partial charge in [-0.3, -0.25) is 27.5 Å². The van der Waals surface area contributed by atoms with Gasteiger partial charge in [0.05, 0.1) is 26.0 Å². The Bertz CT molecular complexity index is 2890. The van der Waals surface area contributed by atoms with Crippen molar-refractivity contribution in [2.45, 2.75) is 88.4 Å². The van der Waals surface area contributed by atoms with Gasteiger partial charge in [0, 0.05) is 11.9 Å². The lowest BCUT2D eigenvalue weighted by Gasteiger charge is -2.27. The fourth-order valence-electron chi connectivity index (χ4n) is 7.51. The van der Waals surface area contributed by atoms with Crippen molar-refractivity contribution in [2.75, 3.05) is 30.0 Å². The second-order valence-corrected chi connectivity index (χ2v) is 19.0. The van der Waals surface area contributed by atoms with Crippen LogP contribution in [0.15, 0.2) is 78.2 Å². The molecular formula is C41H49FN10O18P2. The summed E-state index contributed by atoms with van der Waals surface area (Å²) in [6.07, 6.45) is -11.6. The van der Waals surface area contributed by atoms with E-state index in [2.05, 4.69) is 35.1 Å². The van der Waals surface area contributed by atoms with E-state index in [1.54, 1.807) is 38.1 Å². The molecule has 2 amide bonds. The highest BCUT2D eigenvalue weighted by molar-refractivity contribution is 7.47. The van der Waals surface area contributed by atoms with Gasteiger partial charge in [0.1, 0.15) is 66.6 Å². The number of benzene rings is 2. The number of imidazole rings is 1. The fourth-order valence-corrected chi connectivity index (χ4v) is 8.82. The third-order valence-electron chi connectivity index (χ3n) is 11.3. The van der Waals surface area contributed by atoms with Gasteiger partial charge in [0.25, 0.3) is 0 Å². The molecule has 28 nitrogen and oxygen atoms in total. The lowest BCUT2D eigenvalue weighted by atomic mass is 9.99. The van der Waals surface area contributed by atoms with E-state index in [1.807, 2.05) is 0 Å². The number of esters is 1. The van der Waals surface area contributed by atoms with Gasteiger partial charge >= 0.3 is 33.4 Å². The van der Waals surface area contributed by atoms with E-state index in [0.717, 1.165) is 23.2 Å². The summed E-state index contributed by atoms with van der Waals surface area (Å²) in [5.74, 6) is -2.75. The number of ether oxygens (including phenoxy) is 4. The molecule has 31 heteroatoms. The van der Waals surface area contributed by atoms with E-state index >= 15 is 0 Å². The number of alkyl carbamates (subject to hydrolysis) is 1. The monoisotopic (exact) mass is 1050 g/mol. The van der Waals surface area contributed by atoms with Crippen LogP contribution in [0.5, 0.6) is 0 Å². The average molecular weight is 1050 g/mol. The third kappa shape index (κ3) is 13.2. The van der Waals surface area contributed by atoms with Crippen LogP contribution in [0, 0.1) is 11.7 Å². The van der Waals surface area contributed by atoms with Crippen molar-refractivity contribution in [3.63, 3.8) is 0 Å². The summed E-state index contributed by atoms with van der Waals surface area (Å²) in [4.78, 5) is 97.8. The van der Waals surface area contributed by atoms with Crippen molar-refractivity contribution >= 4 is 62.1 Å². The maximum absolute atomic E-state index is 14.1. The number of phosphoric ester groups is 2. The van der Waals surface area contributed by atoms with Gasteiger partial charge in [-0.2, -0.15) is 4.98 Å². The van der Waals surface area contributed by atoms with Crippen LogP contribution in [0.3, 0.4) is 0 Å². The zero-order valence-electron chi connectivity index (χ0n) is 37.9. The molecule has 2 aliphatic rings. The summed E-state index contributed by atoms with van der Waals surface area (Å²) < 4.78 is 78.3. The smallest absolute Gasteiger partial charge is 0.455 e. The highest BCUT2D eigenvalue weighted by atomic mass is 31.2. The molecular weight excluding hydrogens is 1000 g/mol. The van der Waals surface area contributed by atoms with Crippen LogP contribution in [0.25, 0.3) is 11.2 Å². The molecule has 0 aliphatic carbocycles. The number of carbonyl (C=O) groups is 3. The van der Waals surface area contributed by atoms with Gasteiger partial charge in [-0.05, 0) is 47.4 Å². The number of rotatable bonds is 20. The first-order valence-electron chi connectivity index (χ1n) is 21.7. The molecule has 2 fully saturated rings. The Morgan fingerprint density at radius 2 is 1.51 bits per heavy atom. The number of anilines is 3. The third-order valence-corrected chi connectivity index (χ3v) is 12.8. The molecule has 3 aromatic heterocycles. The molecule has 0 saturated carbocycles. The zero-order valence-corrected chi connectivity index (χ0v) is 39.7. The molecule has 72 heavy (non-hydrogen) atoms. The molecule has 11 atom stereocenters. The quantitative estimate of drug-likeness (QED) is 0.0387. The first-order valence-corrected chi connectivity index (χ1v) is 24.7. The lowest BCUT2D eigenvalue weighted by molar-refractivity contribution is -0.160. The van der Waals surface area contributed by atoms with Crippen molar-refractivity contribution in [3.8, 4) is 0 Å². The Hall–Kier alpha value is -6.33. The van der Waals surface area contributed by atoms with Crippen LogP contribution in [-0.2, 0) is 64.3 Å². The topological polar surface area (TPSA) is 406 Å². The number of nitrogens with one attached hydrogen (secondary N) is 2. The number of aromatic nitrogens is 6. The molecule has 0 radical (unpaired) electrons. The largest absolute Gasteiger partial charge is 0.472 e. The second kappa shape index (κ2) is 22.6. The molecule has 0 spiro atoms. The molecule has 388 valence electrons. The van der Waals surface area contributed by atoms with Crippen molar-refractivity contribution in [1.29, 1.82) is 0 Å². The van der Waals surface area contributed by atoms with E-state index in [0.29, 0.717) is 23.2 Å². The number of amides is 2. The Kier molecular flexibility index (Phi) is 16.8. The van der Waals surface area contributed by atoms with Crippen LogP contribution in [0.4, 0.5) is 26.5 Å². The van der Waals surface area contributed by atoms with E-state index in [-0.39, 0.29) is 41.7 Å². The summed E-state index contributed by atoms with van der Waals surface area (Å²) in [5.41, 5.74) is 12.2. The van der Waals surface area contributed by atoms with Gasteiger partial charge in [0.2, 0.25) is 5.91 Å². The van der Waals surface area contributed by atoms with Crippen LogP contribution in [-0.4, -0.2) is 128 Å². The highest BCUT2D eigenvalue weighted by Gasteiger charge is 2.52. The van der Waals surface area contributed by atoms with Gasteiger partial charge in [-0.25, -0.2) is 42.9 Å². The Labute approximate surface area is 406 Å². The van der Waals surface area contributed by atoms with Crippen LogP contribution in [0.1, 0.15) is 43.9 Å². The number of nitrogen functional groups attached to an aromatic ring is 2. The molecule has 0 bridgehead atoms. The minimum Gasteiger partial charge on any atom is -0.455 e. The van der Waals surface area contributed by atoms with Crippen LogP contribution < -0.4 is 27.8 Å². The molecule has 2 saturated heterocycles. The number of aliphatic hydroxyl groups excluding tert-OH is 2. The summed E-state index contributed by atoms with van der Waals surface area (Å²) in [6, 6.07) is 11.6. The first-order chi connectivity index (χ1) is 34.1. The number of phosphoric acid groups is 2. The number of hydrogen-bond donors (Lipinski definition) is 9. The second-order valence-electron chi connectivity index (χ2n) is 16.4. The predicted octanol–water partition coefficient (Wildman–Crippen LogP) is 0.949. The van der Waals surface area contributed by atoms with E-state index in [9.17, 15) is 57.6 Å². The van der Waals surface area contributed by atoms with E-state index in [1.165, 1.54) is 35.2 Å². The lowest BCUT2D eigenvalue weighted by Crippen LogP contribution is -2.49. The molecule has 11 N–H and O–H groups in total. The minimum atomic E-state index is -5.47. The minimum absolute atomic E-state index is 0.00369. The molecule has 2 unspecified atom stereocenters.